The molecule has 26 heteroatoms. The minimum atomic E-state index is -1.66. The smallest absolute Gasteiger partial charge is 0.246 e. The SMILES string of the molecule is C/C=C/C[C@@H](C)[C@@H](O)[C@H]1C(=O)N[C@@H](CC)C(=O)N(C)[C@H](CSCCN(CC)C(C)C)C(=O)N(C)[C@@H](CC(C)(C)O)C(=O)N[C@@H](C(C)C)C(=O)N(C)[C@@H](CC(C)C)C(=O)N[C@@H](C)C(=O)N[C@H](C)C(=O)N(C)[C@@H](CC(C)C)C(=O)N(C)[C@@H](CC(C)C)C(=O)N(C)[C@@H](C(C)C)C(=O)N1C. The summed E-state index contributed by atoms with van der Waals surface area (Å²) in [5.41, 5.74) is -1.59. The van der Waals surface area contributed by atoms with Crippen LogP contribution in [-0.4, -0.2) is 273 Å². The van der Waals surface area contributed by atoms with Gasteiger partial charge in [-0.2, -0.15) is 11.8 Å². The first-order valence-electron chi connectivity index (χ1n) is 34.7. The lowest BCUT2D eigenvalue weighted by Gasteiger charge is -2.41. The molecule has 1 fully saturated rings. The zero-order valence-electron chi connectivity index (χ0n) is 63.6. The number of rotatable bonds is 22. The summed E-state index contributed by atoms with van der Waals surface area (Å²) in [6, 6.07) is -14.2. The summed E-state index contributed by atoms with van der Waals surface area (Å²) in [7, 11) is 9.90. The fraction of sp³-hybridized carbons (Fsp3) is 0.814. The second kappa shape index (κ2) is 40.3. The van der Waals surface area contributed by atoms with E-state index < -0.39 is 161 Å². The maximum absolute atomic E-state index is 15.4. The molecule has 0 aromatic carbocycles. The predicted octanol–water partition coefficient (Wildman–Crippen LogP) is 4.22. The highest BCUT2D eigenvalue weighted by molar-refractivity contribution is 7.99. The number of amides is 11. The largest absolute Gasteiger partial charge is 0.390 e. The van der Waals surface area contributed by atoms with Crippen LogP contribution in [-0.2, 0) is 52.7 Å². The van der Waals surface area contributed by atoms with Crippen LogP contribution in [0.3, 0.4) is 0 Å². The Balaban J connectivity index is 4.60. The van der Waals surface area contributed by atoms with E-state index in [0.717, 1.165) is 16.3 Å². The zero-order valence-corrected chi connectivity index (χ0v) is 64.4. The molecule has 13 atom stereocenters. The molecule has 1 rings (SSSR count). The number of carbonyl (C=O) groups excluding carboxylic acids is 11. The Kier molecular flexibility index (Phi) is 37.0. The number of nitrogens with zero attached hydrogens (tertiary/aromatic N) is 8. The van der Waals surface area contributed by atoms with Crippen molar-refractivity contribution >= 4 is 76.7 Å². The molecule has 11 amide bonds. The normalized spacial score (nSPS) is 26.2. The highest BCUT2D eigenvalue weighted by Crippen LogP contribution is 2.27. The maximum Gasteiger partial charge on any atom is 0.246 e. The number of likely N-dealkylation sites (N-methyl/N-ethyl adjacent to an activating group) is 7. The molecule has 0 aromatic rings. The van der Waals surface area contributed by atoms with Gasteiger partial charge in [0.2, 0.25) is 65.0 Å². The first kappa shape index (κ1) is 88.2. The van der Waals surface area contributed by atoms with Crippen LogP contribution in [0.15, 0.2) is 12.2 Å². The van der Waals surface area contributed by atoms with E-state index >= 15 is 33.6 Å². The van der Waals surface area contributed by atoms with Crippen molar-refractivity contribution in [1.29, 1.82) is 0 Å². The third-order valence-electron chi connectivity index (χ3n) is 18.3. The minimum absolute atomic E-state index is 0.0123. The van der Waals surface area contributed by atoms with E-state index in [1.807, 2.05) is 54.5 Å². The first-order chi connectivity index (χ1) is 44.3. The highest BCUT2D eigenvalue weighted by atomic mass is 32.2. The minimum Gasteiger partial charge on any atom is -0.390 e. The van der Waals surface area contributed by atoms with Gasteiger partial charge in [-0.05, 0) is 123 Å². The van der Waals surface area contributed by atoms with Gasteiger partial charge in [0.1, 0.15) is 66.5 Å². The average molecular weight is 1380 g/mol. The van der Waals surface area contributed by atoms with Crippen LogP contribution < -0.4 is 21.3 Å². The van der Waals surface area contributed by atoms with E-state index in [1.165, 1.54) is 113 Å². The molecule has 25 nitrogen and oxygen atoms in total. The summed E-state index contributed by atoms with van der Waals surface area (Å²) >= 11 is 1.40. The Labute approximate surface area is 580 Å². The topological polar surface area (TPSA) is 302 Å². The molecule has 552 valence electrons. The number of hydrogen-bond donors (Lipinski definition) is 6. The molecular formula is C70H128N12O13S. The Bertz CT molecular complexity index is 2610. The number of hydrogen-bond acceptors (Lipinski definition) is 15. The summed E-state index contributed by atoms with van der Waals surface area (Å²) in [6.45, 7) is 36.6. The molecule has 0 bridgehead atoms. The number of thioether (sulfide) groups is 1. The summed E-state index contributed by atoms with van der Waals surface area (Å²) in [4.78, 5) is 175. The molecule has 0 saturated carbocycles. The predicted molar refractivity (Wildman–Crippen MR) is 379 cm³/mol. The van der Waals surface area contributed by atoms with Gasteiger partial charge in [0.15, 0.2) is 0 Å². The van der Waals surface area contributed by atoms with E-state index in [2.05, 4.69) is 40.0 Å². The van der Waals surface area contributed by atoms with Gasteiger partial charge in [-0.25, -0.2) is 0 Å². The molecule has 0 spiro atoms. The lowest BCUT2D eigenvalue weighted by atomic mass is 9.91. The van der Waals surface area contributed by atoms with Gasteiger partial charge in [0, 0.05) is 79.8 Å². The summed E-state index contributed by atoms with van der Waals surface area (Å²) in [5, 5.41) is 34.8. The quantitative estimate of drug-likeness (QED) is 0.0654. The van der Waals surface area contributed by atoms with Crippen molar-refractivity contribution in [3.8, 4) is 0 Å². The molecule has 96 heavy (non-hydrogen) atoms. The van der Waals surface area contributed by atoms with Gasteiger partial charge in [0.25, 0.3) is 0 Å². The Morgan fingerprint density at radius 2 is 0.948 bits per heavy atom. The van der Waals surface area contributed by atoms with Gasteiger partial charge < -0.3 is 70.7 Å². The van der Waals surface area contributed by atoms with Crippen LogP contribution in [0, 0.1) is 35.5 Å². The van der Waals surface area contributed by atoms with E-state index in [1.54, 1.807) is 54.5 Å². The van der Waals surface area contributed by atoms with E-state index in [4.69, 9.17) is 0 Å². The van der Waals surface area contributed by atoms with Crippen molar-refractivity contribution in [3.05, 3.63) is 12.2 Å². The summed E-state index contributed by atoms with van der Waals surface area (Å²) in [5.74, 6) is -9.73. The molecular weight excluding hydrogens is 1250 g/mol. The molecule has 0 unspecified atom stereocenters. The van der Waals surface area contributed by atoms with E-state index in [9.17, 15) is 29.4 Å². The zero-order chi connectivity index (χ0) is 74.5. The van der Waals surface area contributed by atoms with Crippen molar-refractivity contribution in [2.75, 3.05) is 73.9 Å². The molecule has 0 radical (unpaired) electrons. The summed E-state index contributed by atoms with van der Waals surface area (Å²) < 4.78 is 0. The third kappa shape index (κ3) is 25.5. The van der Waals surface area contributed by atoms with Crippen LogP contribution in [0.2, 0.25) is 0 Å². The molecule has 0 aliphatic carbocycles. The Morgan fingerprint density at radius 1 is 0.510 bits per heavy atom. The monoisotopic (exact) mass is 1380 g/mol. The number of nitrogens with one attached hydrogen (secondary N) is 4. The molecule has 0 aromatic heterocycles. The number of aliphatic hydroxyl groups is 2. The lowest BCUT2D eigenvalue weighted by molar-refractivity contribution is -0.157. The van der Waals surface area contributed by atoms with Gasteiger partial charge in [0.05, 0.1) is 11.7 Å². The fourth-order valence-electron chi connectivity index (χ4n) is 12.1. The average Bonchev–Trinajstić information content (AvgIpc) is 0.825. The van der Waals surface area contributed by atoms with Gasteiger partial charge in [-0.15, -0.1) is 0 Å². The molecule has 6 N–H and O–H groups in total. The van der Waals surface area contributed by atoms with Crippen LogP contribution in [0.5, 0.6) is 0 Å². The lowest BCUT2D eigenvalue weighted by Crippen LogP contribution is -2.64. The van der Waals surface area contributed by atoms with Crippen molar-refractivity contribution in [2.45, 2.75) is 261 Å². The second-order valence-electron chi connectivity index (χ2n) is 29.5. The van der Waals surface area contributed by atoms with Crippen LogP contribution in [0.1, 0.15) is 177 Å². The fourth-order valence-corrected chi connectivity index (χ4v) is 13.3. The maximum atomic E-state index is 15.4. The van der Waals surface area contributed by atoms with Gasteiger partial charge >= 0.3 is 0 Å². The standard InChI is InChI=1S/C70H128N12O13S/c1-28-31-32-46(16)58(83)57-62(87)73-49(29-2)64(89)79(25)54(39-96-34-33-82(30-3)45(14)15)67(92)78(24)53(38-70(19,20)95)61(86)74-55(43(10)11)68(93)75(21)50(35-40(4)5)60(85)71-47(17)59(84)72-48(18)63(88)76(22)51(36-41(6)7)65(90)77(23)52(37-42(8)9)66(91)80(26)56(44(12)13)69(94)81(57)27/h28,31,40-58,83,95H,29-30,32-39H2,1-27H3,(H,71,85)(H,72,84)(H,73,87)(H,74,86)/b31-28+/t46-,47+,48-,49+,50+,51+,52+,53+,54-,55+,56+,57+,58-/m1/s1. The van der Waals surface area contributed by atoms with Gasteiger partial charge in [-0.1, -0.05) is 102 Å². The number of aliphatic hydroxyl groups excluding tert-OH is 1. The summed E-state index contributed by atoms with van der Waals surface area (Å²) in [6.07, 6.45) is 2.36. The number of carbonyl (C=O) groups is 11. The van der Waals surface area contributed by atoms with Crippen molar-refractivity contribution < 1.29 is 63.0 Å². The van der Waals surface area contributed by atoms with E-state index in [-0.39, 0.29) is 68.1 Å². The van der Waals surface area contributed by atoms with Gasteiger partial charge in [-0.3, -0.25) is 52.7 Å². The first-order valence-corrected chi connectivity index (χ1v) is 35.8. The van der Waals surface area contributed by atoms with Crippen molar-refractivity contribution in [1.82, 2.24) is 60.5 Å². The molecule has 1 aliphatic rings. The van der Waals surface area contributed by atoms with Crippen molar-refractivity contribution in [2.24, 2.45) is 35.5 Å². The molecule has 1 heterocycles. The molecule has 1 aliphatic heterocycles. The highest BCUT2D eigenvalue weighted by Gasteiger charge is 2.47. The Hall–Kier alpha value is -5.86. The van der Waals surface area contributed by atoms with Crippen LogP contribution >= 0.6 is 11.8 Å². The van der Waals surface area contributed by atoms with Crippen LogP contribution in [0.4, 0.5) is 0 Å². The van der Waals surface area contributed by atoms with Crippen molar-refractivity contribution in [3.63, 3.8) is 0 Å². The molecule has 1 saturated heterocycles. The van der Waals surface area contributed by atoms with Crippen LogP contribution in [0.25, 0.3) is 0 Å². The second-order valence-corrected chi connectivity index (χ2v) is 30.6. The van der Waals surface area contributed by atoms with E-state index in [0.29, 0.717) is 12.3 Å². The number of allylic oxidation sites excluding steroid dienone is 2. The Morgan fingerprint density at radius 3 is 1.41 bits per heavy atom. The third-order valence-corrected chi connectivity index (χ3v) is 19.3.